The predicted molar refractivity (Wildman–Crippen MR) is 63.7 cm³/mol. The third-order valence-corrected chi connectivity index (χ3v) is 2.17. The number of rotatable bonds is 4. The lowest BCUT2D eigenvalue weighted by molar-refractivity contribution is 0.102. The second kappa shape index (κ2) is 5.27. The van der Waals surface area contributed by atoms with E-state index in [4.69, 9.17) is 10.2 Å². The SMILES string of the molecule is NCCc1nc(C(=O)Nc2ccccc2)co1. The summed E-state index contributed by atoms with van der Waals surface area (Å²) in [6.45, 7) is 0.445. The fourth-order valence-electron chi connectivity index (χ4n) is 1.37. The maximum absolute atomic E-state index is 11.8. The van der Waals surface area contributed by atoms with Crippen LogP contribution in [0.5, 0.6) is 0 Å². The van der Waals surface area contributed by atoms with Crippen molar-refractivity contribution in [2.24, 2.45) is 5.73 Å². The van der Waals surface area contributed by atoms with Crippen LogP contribution >= 0.6 is 0 Å². The summed E-state index contributed by atoms with van der Waals surface area (Å²) in [5, 5.41) is 2.72. The van der Waals surface area contributed by atoms with E-state index in [9.17, 15) is 4.79 Å². The molecule has 0 aliphatic carbocycles. The molecular weight excluding hydrogens is 218 g/mol. The van der Waals surface area contributed by atoms with Gasteiger partial charge in [0.05, 0.1) is 0 Å². The van der Waals surface area contributed by atoms with Crippen LogP contribution in [0.15, 0.2) is 41.0 Å². The fourth-order valence-corrected chi connectivity index (χ4v) is 1.37. The highest BCUT2D eigenvalue weighted by Crippen LogP contribution is 2.08. The fraction of sp³-hybridized carbons (Fsp3) is 0.167. The molecule has 1 amide bonds. The number of aromatic nitrogens is 1. The summed E-state index contributed by atoms with van der Waals surface area (Å²) >= 11 is 0. The Morgan fingerprint density at radius 2 is 2.12 bits per heavy atom. The van der Waals surface area contributed by atoms with Crippen molar-refractivity contribution in [3.05, 3.63) is 48.2 Å². The molecule has 1 aromatic carbocycles. The monoisotopic (exact) mass is 231 g/mol. The van der Waals surface area contributed by atoms with Gasteiger partial charge in [-0.15, -0.1) is 0 Å². The largest absolute Gasteiger partial charge is 0.448 e. The van der Waals surface area contributed by atoms with Crippen LogP contribution in [0.3, 0.4) is 0 Å². The summed E-state index contributed by atoms with van der Waals surface area (Å²) in [4.78, 5) is 15.8. The summed E-state index contributed by atoms with van der Waals surface area (Å²) < 4.78 is 5.11. The second-order valence-electron chi connectivity index (χ2n) is 3.49. The van der Waals surface area contributed by atoms with Gasteiger partial charge in [0.1, 0.15) is 6.26 Å². The lowest BCUT2D eigenvalue weighted by Crippen LogP contribution is -2.12. The molecule has 2 rings (SSSR count). The van der Waals surface area contributed by atoms with E-state index in [0.717, 1.165) is 5.69 Å². The predicted octanol–water partition coefficient (Wildman–Crippen LogP) is 1.43. The third-order valence-electron chi connectivity index (χ3n) is 2.17. The van der Waals surface area contributed by atoms with Crippen LogP contribution in [-0.2, 0) is 6.42 Å². The Hall–Kier alpha value is -2.14. The van der Waals surface area contributed by atoms with Crippen LogP contribution < -0.4 is 11.1 Å². The summed E-state index contributed by atoms with van der Waals surface area (Å²) in [7, 11) is 0. The van der Waals surface area contributed by atoms with Gasteiger partial charge in [0.15, 0.2) is 11.6 Å². The molecule has 0 fully saturated rings. The van der Waals surface area contributed by atoms with Gasteiger partial charge in [0.25, 0.3) is 5.91 Å². The van der Waals surface area contributed by atoms with E-state index in [2.05, 4.69) is 10.3 Å². The number of amides is 1. The van der Waals surface area contributed by atoms with Crippen molar-refractivity contribution in [3.8, 4) is 0 Å². The molecule has 0 saturated heterocycles. The van der Waals surface area contributed by atoms with E-state index in [1.165, 1.54) is 6.26 Å². The van der Waals surface area contributed by atoms with Gasteiger partial charge < -0.3 is 15.5 Å². The van der Waals surface area contributed by atoms with Crippen molar-refractivity contribution in [3.63, 3.8) is 0 Å². The van der Waals surface area contributed by atoms with Gasteiger partial charge >= 0.3 is 0 Å². The third kappa shape index (κ3) is 2.92. The molecule has 5 nitrogen and oxygen atoms in total. The Morgan fingerprint density at radius 1 is 1.35 bits per heavy atom. The van der Waals surface area contributed by atoms with Crippen LogP contribution in [0.25, 0.3) is 0 Å². The smallest absolute Gasteiger partial charge is 0.277 e. The Morgan fingerprint density at radius 3 is 2.82 bits per heavy atom. The molecule has 0 saturated carbocycles. The number of nitrogens with two attached hydrogens (primary N) is 1. The number of para-hydroxylation sites is 1. The van der Waals surface area contributed by atoms with Crippen molar-refractivity contribution in [2.75, 3.05) is 11.9 Å². The minimum Gasteiger partial charge on any atom is -0.448 e. The number of hydrogen-bond acceptors (Lipinski definition) is 4. The highest BCUT2D eigenvalue weighted by molar-refractivity contribution is 6.02. The maximum Gasteiger partial charge on any atom is 0.277 e. The topological polar surface area (TPSA) is 81.1 Å². The first kappa shape index (κ1) is 11.3. The molecule has 0 bridgehead atoms. The van der Waals surface area contributed by atoms with Crippen molar-refractivity contribution < 1.29 is 9.21 Å². The molecule has 0 unspecified atom stereocenters. The molecule has 3 N–H and O–H groups in total. The number of nitrogens with one attached hydrogen (secondary N) is 1. The molecule has 1 heterocycles. The van der Waals surface area contributed by atoms with Gasteiger partial charge in [-0.25, -0.2) is 4.98 Å². The molecule has 2 aromatic rings. The van der Waals surface area contributed by atoms with Crippen molar-refractivity contribution >= 4 is 11.6 Å². The van der Waals surface area contributed by atoms with Gasteiger partial charge in [-0.05, 0) is 12.1 Å². The Kier molecular flexibility index (Phi) is 3.52. The van der Waals surface area contributed by atoms with Crippen molar-refractivity contribution in [1.82, 2.24) is 4.98 Å². The molecule has 0 aliphatic heterocycles. The van der Waals surface area contributed by atoms with Gasteiger partial charge in [0.2, 0.25) is 0 Å². The van der Waals surface area contributed by atoms with E-state index in [1.54, 1.807) is 12.1 Å². The number of carbonyl (C=O) groups excluding carboxylic acids is 1. The maximum atomic E-state index is 11.8. The van der Waals surface area contributed by atoms with E-state index in [1.807, 2.05) is 18.2 Å². The first-order valence-electron chi connectivity index (χ1n) is 5.30. The van der Waals surface area contributed by atoms with Crippen molar-refractivity contribution in [1.29, 1.82) is 0 Å². The molecule has 17 heavy (non-hydrogen) atoms. The molecule has 0 atom stereocenters. The zero-order valence-electron chi connectivity index (χ0n) is 9.22. The van der Waals surface area contributed by atoms with E-state index in [0.29, 0.717) is 18.9 Å². The standard InChI is InChI=1S/C12H13N3O2/c13-7-6-11-15-10(8-17-11)12(16)14-9-4-2-1-3-5-9/h1-5,8H,6-7,13H2,(H,14,16). The Balaban J connectivity index is 2.04. The number of nitrogens with zero attached hydrogens (tertiary/aromatic N) is 1. The average Bonchev–Trinajstić information content (AvgIpc) is 2.79. The minimum absolute atomic E-state index is 0.261. The molecule has 5 heteroatoms. The van der Waals surface area contributed by atoms with Crippen LogP contribution in [0, 0.1) is 0 Å². The molecule has 0 aliphatic rings. The summed E-state index contributed by atoms with van der Waals surface area (Å²) in [5.74, 6) is 0.189. The molecule has 0 radical (unpaired) electrons. The Bertz CT molecular complexity index is 493. The van der Waals surface area contributed by atoms with Crippen LogP contribution in [-0.4, -0.2) is 17.4 Å². The first-order valence-corrected chi connectivity index (χ1v) is 5.30. The number of carbonyl (C=O) groups is 1. The first-order chi connectivity index (χ1) is 8.29. The Labute approximate surface area is 98.6 Å². The zero-order chi connectivity index (χ0) is 12.1. The van der Waals surface area contributed by atoms with Gasteiger partial charge in [-0.3, -0.25) is 4.79 Å². The lowest BCUT2D eigenvalue weighted by atomic mass is 10.3. The molecule has 0 spiro atoms. The van der Waals surface area contributed by atoms with E-state index < -0.39 is 0 Å². The average molecular weight is 231 g/mol. The number of anilines is 1. The molecular formula is C12H13N3O2. The van der Waals surface area contributed by atoms with Crippen LogP contribution in [0.4, 0.5) is 5.69 Å². The number of hydrogen-bond donors (Lipinski definition) is 2. The second-order valence-corrected chi connectivity index (χ2v) is 3.49. The molecule has 88 valence electrons. The minimum atomic E-state index is -0.289. The van der Waals surface area contributed by atoms with Crippen LogP contribution in [0.1, 0.15) is 16.4 Å². The lowest BCUT2D eigenvalue weighted by Gasteiger charge is -2.01. The van der Waals surface area contributed by atoms with Gasteiger partial charge in [-0.1, -0.05) is 18.2 Å². The van der Waals surface area contributed by atoms with Gasteiger partial charge in [-0.2, -0.15) is 0 Å². The highest BCUT2D eigenvalue weighted by Gasteiger charge is 2.11. The van der Waals surface area contributed by atoms with E-state index >= 15 is 0 Å². The van der Waals surface area contributed by atoms with Gasteiger partial charge in [0, 0.05) is 18.7 Å². The highest BCUT2D eigenvalue weighted by atomic mass is 16.3. The summed E-state index contributed by atoms with van der Waals surface area (Å²) in [6, 6.07) is 9.18. The number of benzene rings is 1. The molecule has 1 aromatic heterocycles. The van der Waals surface area contributed by atoms with E-state index in [-0.39, 0.29) is 11.6 Å². The normalized spacial score (nSPS) is 10.2. The quantitative estimate of drug-likeness (QED) is 0.834. The number of oxazole rings is 1. The summed E-state index contributed by atoms with van der Waals surface area (Å²) in [6.07, 6.45) is 1.86. The van der Waals surface area contributed by atoms with Crippen LogP contribution in [0.2, 0.25) is 0 Å². The van der Waals surface area contributed by atoms with Crippen molar-refractivity contribution in [2.45, 2.75) is 6.42 Å². The summed E-state index contributed by atoms with van der Waals surface area (Å²) in [5.41, 5.74) is 6.35. The zero-order valence-corrected chi connectivity index (χ0v) is 9.22.